The van der Waals surface area contributed by atoms with Gasteiger partial charge in [0.15, 0.2) is 0 Å². The average Bonchev–Trinajstić information content (AvgIpc) is 2.80. The van der Waals surface area contributed by atoms with E-state index >= 15 is 0 Å². The highest BCUT2D eigenvalue weighted by Crippen LogP contribution is 2.44. The minimum absolute atomic E-state index is 0.478. The van der Waals surface area contributed by atoms with E-state index in [1.165, 1.54) is 12.8 Å². The van der Waals surface area contributed by atoms with E-state index in [0.29, 0.717) is 16.4 Å². The molecule has 0 amide bonds. The number of aryl methyl sites for hydroxylation is 1. The van der Waals surface area contributed by atoms with E-state index in [-0.39, 0.29) is 0 Å². The molecular formula is C10H14ClN3. The summed E-state index contributed by atoms with van der Waals surface area (Å²) in [5.74, 6) is 1.54. The van der Waals surface area contributed by atoms with Crippen LogP contribution in [0.1, 0.15) is 25.6 Å². The monoisotopic (exact) mass is 211 g/mol. The molecule has 1 saturated carbocycles. The molecule has 0 atom stereocenters. The number of nitrogens with one attached hydrogen (secondary N) is 1. The molecule has 76 valence electrons. The highest BCUT2D eigenvalue weighted by atomic mass is 35.5. The van der Waals surface area contributed by atoms with Crippen molar-refractivity contribution in [1.29, 1.82) is 0 Å². The maximum atomic E-state index is 5.82. The fourth-order valence-corrected chi connectivity index (χ4v) is 1.54. The molecule has 1 aliphatic rings. The topological polar surface area (TPSA) is 37.8 Å². The SMILES string of the molecule is Cc1nc(Cl)cc(NCC2(C)CC2)n1. The molecule has 1 aromatic rings. The highest BCUT2D eigenvalue weighted by Gasteiger charge is 2.36. The Morgan fingerprint density at radius 1 is 1.50 bits per heavy atom. The van der Waals surface area contributed by atoms with Crippen LogP contribution in [0.3, 0.4) is 0 Å². The first-order chi connectivity index (χ1) is 6.57. The summed E-state index contributed by atoms with van der Waals surface area (Å²) < 4.78 is 0. The average molecular weight is 212 g/mol. The zero-order valence-corrected chi connectivity index (χ0v) is 9.23. The Hall–Kier alpha value is -0.830. The quantitative estimate of drug-likeness (QED) is 0.782. The summed E-state index contributed by atoms with van der Waals surface area (Å²) in [4.78, 5) is 8.27. The van der Waals surface area contributed by atoms with Crippen LogP contribution in [0.2, 0.25) is 5.15 Å². The van der Waals surface area contributed by atoms with Gasteiger partial charge in [-0.3, -0.25) is 0 Å². The first-order valence-electron chi connectivity index (χ1n) is 4.82. The van der Waals surface area contributed by atoms with Crippen LogP contribution in [-0.4, -0.2) is 16.5 Å². The molecule has 3 nitrogen and oxygen atoms in total. The third-order valence-electron chi connectivity index (χ3n) is 2.61. The first kappa shape index (κ1) is 9.71. The van der Waals surface area contributed by atoms with Crippen LogP contribution in [0.4, 0.5) is 5.82 Å². The molecule has 0 spiro atoms. The Morgan fingerprint density at radius 3 is 2.79 bits per heavy atom. The number of rotatable bonds is 3. The molecule has 2 rings (SSSR count). The lowest BCUT2D eigenvalue weighted by molar-refractivity contribution is 0.609. The summed E-state index contributed by atoms with van der Waals surface area (Å²) >= 11 is 5.82. The molecule has 1 N–H and O–H groups in total. The van der Waals surface area contributed by atoms with Gasteiger partial charge in [-0.25, -0.2) is 9.97 Å². The Balaban J connectivity index is 2.01. The molecule has 0 bridgehead atoms. The van der Waals surface area contributed by atoms with Gasteiger partial charge in [-0.05, 0) is 25.2 Å². The number of aromatic nitrogens is 2. The lowest BCUT2D eigenvalue weighted by atomic mass is 10.1. The van der Waals surface area contributed by atoms with Crippen molar-refractivity contribution in [1.82, 2.24) is 9.97 Å². The molecule has 0 aliphatic heterocycles. The fourth-order valence-electron chi connectivity index (χ4n) is 1.32. The molecule has 14 heavy (non-hydrogen) atoms. The molecule has 1 aliphatic carbocycles. The summed E-state index contributed by atoms with van der Waals surface area (Å²) in [5.41, 5.74) is 0.478. The van der Waals surface area contributed by atoms with Crippen molar-refractivity contribution in [2.24, 2.45) is 5.41 Å². The maximum Gasteiger partial charge on any atom is 0.134 e. The third kappa shape index (κ3) is 2.35. The van der Waals surface area contributed by atoms with Gasteiger partial charge < -0.3 is 5.32 Å². The summed E-state index contributed by atoms with van der Waals surface area (Å²) in [6, 6.07) is 1.76. The van der Waals surface area contributed by atoms with Gasteiger partial charge in [-0.15, -0.1) is 0 Å². The van der Waals surface area contributed by atoms with E-state index in [9.17, 15) is 0 Å². The van der Waals surface area contributed by atoms with Crippen molar-refractivity contribution >= 4 is 17.4 Å². The molecular weight excluding hydrogens is 198 g/mol. The van der Waals surface area contributed by atoms with Crippen molar-refractivity contribution in [2.45, 2.75) is 26.7 Å². The maximum absolute atomic E-state index is 5.82. The lowest BCUT2D eigenvalue weighted by Gasteiger charge is -2.10. The summed E-state index contributed by atoms with van der Waals surface area (Å²) in [5, 5.41) is 3.79. The molecule has 0 unspecified atom stereocenters. The van der Waals surface area contributed by atoms with Crippen LogP contribution >= 0.6 is 11.6 Å². The number of hydrogen-bond donors (Lipinski definition) is 1. The van der Waals surface area contributed by atoms with E-state index in [4.69, 9.17) is 11.6 Å². The van der Waals surface area contributed by atoms with Crippen LogP contribution in [0.5, 0.6) is 0 Å². The molecule has 1 fully saturated rings. The number of nitrogens with zero attached hydrogens (tertiary/aromatic N) is 2. The van der Waals surface area contributed by atoms with Crippen LogP contribution in [0.25, 0.3) is 0 Å². The third-order valence-corrected chi connectivity index (χ3v) is 2.80. The van der Waals surface area contributed by atoms with Crippen LogP contribution in [0.15, 0.2) is 6.07 Å². The van der Waals surface area contributed by atoms with E-state index in [0.717, 1.165) is 12.4 Å². The minimum atomic E-state index is 0.478. The van der Waals surface area contributed by atoms with Crippen LogP contribution < -0.4 is 5.32 Å². The highest BCUT2D eigenvalue weighted by molar-refractivity contribution is 6.29. The zero-order valence-electron chi connectivity index (χ0n) is 8.47. The van der Waals surface area contributed by atoms with Gasteiger partial charge in [-0.2, -0.15) is 0 Å². The zero-order chi connectivity index (χ0) is 10.2. The molecule has 1 aromatic heterocycles. The smallest absolute Gasteiger partial charge is 0.134 e. The Bertz CT molecular complexity index is 327. The van der Waals surface area contributed by atoms with Crippen molar-refractivity contribution in [3.05, 3.63) is 17.0 Å². The molecule has 4 heteroatoms. The van der Waals surface area contributed by atoms with Gasteiger partial charge in [0.1, 0.15) is 16.8 Å². The Labute approximate surface area is 88.9 Å². The second-order valence-corrected chi connectivity index (χ2v) is 4.67. The standard InChI is InChI=1S/C10H14ClN3/c1-7-13-8(11)5-9(14-7)12-6-10(2)3-4-10/h5H,3-4,6H2,1-2H3,(H,12,13,14). The van der Waals surface area contributed by atoms with E-state index in [2.05, 4.69) is 22.2 Å². The second-order valence-electron chi connectivity index (χ2n) is 4.29. The van der Waals surface area contributed by atoms with Crippen LogP contribution in [0, 0.1) is 12.3 Å². The summed E-state index contributed by atoms with van der Waals surface area (Å²) in [7, 11) is 0. The summed E-state index contributed by atoms with van der Waals surface area (Å²) in [6.45, 7) is 5.09. The van der Waals surface area contributed by atoms with Crippen molar-refractivity contribution in [2.75, 3.05) is 11.9 Å². The Kier molecular flexibility index (Phi) is 2.35. The molecule has 1 heterocycles. The van der Waals surface area contributed by atoms with Gasteiger partial charge in [0.05, 0.1) is 0 Å². The normalized spacial score (nSPS) is 17.9. The fraction of sp³-hybridized carbons (Fsp3) is 0.600. The van der Waals surface area contributed by atoms with E-state index in [1.54, 1.807) is 6.07 Å². The van der Waals surface area contributed by atoms with Crippen LogP contribution in [-0.2, 0) is 0 Å². The van der Waals surface area contributed by atoms with Gasteiger partial charge >= 0.3 is 0 Å². The van der Waals surface area contributed by atoms with E-state index < -0.39 is 0 Å². The number of anilines is 1. The molecule has 0 saturated heterocycles. The summed E-state index contributed by atoms with van der Waals surface area (Å²) in [6.07, 6.45) is 2.61. The number of hydrogen-bond acceptors (Lipinski definition) is 3. The minimum Gasteiger partial charge on any atom is -0.369 e. The lowest BCUT2D eigenvalue weighted by Crippen LogP contribution is -2.13. The van der Waals surface area contributed by atoms with Crippen molar-refractivity contribution in [3.8, 4) is 0 Å². The van der Waals surface area contributed by atoms with Gasteiger partial charge in [0.2, 0.25) is 0 Å². The second kappa shape index (κ2) is 3.39. The van der Waals surface area contributed by atoms with Crippen molar-refractivity contribution < 1.29 is 0 Å². The van der Waals surface area contributed by atoms with Gasteiger partial charge in [0, 0.05) is 12.6 Å². The van der Waals surface area contributed by atoms with Gasteiger partial charge in [0.25, 0.3) is 0 Å². The first-order valence-corrected chi connectivity index (χ1v) is 5.20. The predicted octanol–water partition coefficient (Wildman–Crippen LogP) is 2.65. The molecule has 0 radical (unpaired) electrons. The van der Waals surface area contributed by atoms with E-state index in [1.807, 2.05) is 6.92 Å². The number of halogens is 1. The predicted molar refractivity (Wildman–Crippen MR) is 57.6 cm³/mol. The molecule has 0 aromatic carbocycles. The van der Waals surface area contributed by atoms with Gasteiger partial charge in [-0.1, -0.05) is 18.5 Å². The Morgan fingerprint density at radius 2 is 2.21 bits per heavy atom. The largest absolute Gasteiger partial charge is 0.369 e. The van der Waals surface area contributed by atoms with Crippen molar-refractivity contribution in [3.63, 3.8) is 0 Å².